The number of halogens is 1. The minimum absolute atomic E-state index is 0.150. The second kappa shape index (κ2) is 6.48. The Kier molecular flexibility index (Phi) is 4.93. The molecular formula is C14H19BrN2O2. The average Bonchev–Trinajstić information content (AvgIpc) is 2.33. The van der Waals surface area contributed by atoms with Gasteiger partial charge >= 0.3 is 0 Å². The summed E-state index contributed by atoms with van der Waals surface area (Å²) in [6.07, 6.45) is 4.00. The van der Waals surface area contributed by atoms with Gasteiger partial charge in [-0.3, -0.25) is 15.0 Å². The van der Waals surface area contributed by atoms with E-state index in [0.717, 1.165) is 31.1 Å². The molecule has 0 N–H and O–H groups in total. The highest BCUT2D eigenvalue weighted by Gasteiger charge is 2.21. The quantitative estimate of drug-likeness (QED) is 0.586. The van der Waals surface area contributed by atoms with Gasteiger partial charge in [0.1, 0.15) is 0 Å². The number of nitro benzene ring substituents is 1. The highest BCUT2D eigenvalue weighted by Crippen LogP contribution is 2.31. The van der Waals surface area contributed by atoms with Gasteiger partial charge in [-0.25, -0.2) is 0 Å². The Hall–Kier alpha value is -0.940. The zero-order chi connectivity index (χ0) is 13.8. The van der Waals surface area contributed by atoms with E-state index in [1.54, 1.807) is 6.07 Å². The second-order valence-electron chi connectivity index (χ2n) is 5.13. The number of rotatable bonds is 6. The fourth-order valence-electron chi connectivity index (χ4n) is 2.42. The van der Waals surface area contributed by atoms with E-state index in [-0.39, 0.29) is 10.6 Å². The summed E-state index contributed by atoms with van der Waals surface area (Å²) in [6, 6.07) is 5.26. The second-order valence-corrected chi connectivity index (χ2v) is 5.93. The van der Waals surface area contributed by atoms with E-state index in [1.165, 1.54) is 25.3 Å². The van der Waals surface area contributed by atoms with Crippen molar-refractivity contribution in [1.29, 1.82) is 0 Å². The SMILES string of the molecule is CCN(Cc1cccc([N+](=O)[O-])c1Br)CC1CCC1. The van der Waals surface area contributed by atoms with Gasteiger partial charge in [0.15, 0.2) is 0 Å². The van der Waals surface area contributed by atoms with Gasteiger partial charge in [0.05, 0.1) is 9.40 Å². The van der Waals surface area contributed by atoms with Crippen molar-refractivity contribution < 1.29 is 4.92 Å². The summed E-state index contributed by atoms with van der Waals surface area (Å²) in [5.74, 6) is 0.817. The van der Waals surface area contributed by atoms with E-state index in [4.69, 9.17) is 0 Å². The fraction of sp³-hybridized carbons (Fsp3) is 0.571. The largest absolute Gasteiger partial charge is 0.299 e. The van der Waals surface area contributed by atoms with E-state index in [9.17, 15) is 10.1 Å². The molecule has 1 saturated carbocycles. The van der Waals surface area contributed by atoms with Crippen LogP contribution < -0.4 is 0 Å². The van der Waals surface area contributed by atoms with Gasteiger partial charge < -0.3 is 0 Å². The summed E-state index contributed by atoms with van der Waals surface area (Å²) in [4.78, 5) is 13.0. The molecule has 4 nitrogen and oxygen atoms in total. The molecule has 0 radical (unpaired) electrons. The molecule has 2 rings (SSSR count). The van der Waals surface area contributed by atoms with E-state index in [1.807, 2.05) is 6.07 Å². The number of nitro groups is 1. The maximum Gasteiger partial charge on any atom is 0.283 e. The number of hydrogen-bond acceptors (Lipinski definition) is 3. The zero-order valence-electron chi connectivity index (χ0n) is 11.1. The Morgan fingerprint density at radius 3 is 2.74 bits per heavy atom. The van der Waals surface area contributed by atoms with Gasteiger partial charge in [0.2, 0.25) is 0 Å². The molecular weight excluding hydrogens is 308 g/mol. The van der Waals surface area contributed by atoms with E-state index < -0.39 is 0 Å². The topological polar surface area (TPSA) is 46.4 Å². The van der Waals surface area contributed by atoms with Crippen molar-refractivity contribution in [2.75, 3.05) is 13.1 Å². The molecule has 0 atom stereocenters. The Morgan fingerprint density at radius 2 is 2.21 bits per heavy atom. The van der Waals surface area contributed by atoms with Gasteiger partial charge in [0.25, 0.3) is 5.69 Å². The lowest BCUT2D eigenvalue weighted by Gasteiger charge is -2.31. The molecule has 0 aromatic heterocycles. The molecule has 0 unspecified atom stereocenters. The van der Waals surface area contributed by atoms with Crippen LogP contribution in [0.5, 0.6) is 0 Å². The van der Waals surface area contributed by atoms with Gasteiger partial charge in [-0.1, -0.05) is 25.5 Å². The number of hydrogen-bond donors (Lipinski definition) is 0. The molecule has 0 aliphatic heterocycles. The molecule has 0 bridgehead atoms. The first-order valence-electron chi connectivity index (χ1n) is 6.76. The lowest BCUT2D eigenvalue weighted by Crippen LogP contribution is -2.32. The standard InChI is InChI=1S/C14H19BrN2O2/c1-2-16(9-11-5-3-6-11)10-12-7-4-8-13(14(12)15)17(18)19/h4,7-8,11H,2-3,5-6,9-10H2,1H3. The normalized spacial score (nSPS) is 15.5. The van der Waals surface area contributed by atoms with Crippen LogP contribution in [0, 0.1) is 16.0 Å². The summed E-state index contributed by atoms with van der Waals surface area (Å²) in [6.45, 7) is 5.00. The molecule has 104 valence electrons. The highest BCUT2D eigenvalue weighted by atomic mass is 79.9. The smallest absolute Gasteiger partial charge is 0.283 e. The van der Waals surface area contributed by atoms with Crippen molar-refractivity contribution in [1.82, 2.24) is 4.90 Å². The average molecular weight is 327 g/mol. The summed E-state index contributed by atoms with van der Waals surface area (Å²) in [5.41, 5.74) is 1.15. The molecule has 1 aliphatic rings. The predicted molar refractivity (Wildman–Crippen MR) is 79.1 cm³/mol. The third-order valence-electron chi connectivity index (χ3n) is 3.84. The molecule has 1 fully saturated rings. The van der Waals surface area contributed by atoms with Crippen molar-refractivity contribution >= 4 is 21.6 Å². The Bertz CT molecular complexity index is 461. The fourth-order valence-corrected chi connectivity index (χ4v) is 2.95. The van der Waals surface area contributed by atoms with Crippen LogP contribution >= 0.6 is 15.9 Å². The lowest BCUT2D eigenvalue weighted by molar-refractivity contribution is -0.385. The first kappa shape index (κ1) is 14.5. The van der Waals surface area contributed by atoms with Crippen LogP contribution in [0.15, 0.2) is 22.7 Å². The van der Waals surface area contributed by atoms with Crippen LogP contribution in [0.25, 0.3) is 0 Å². The first-order valence-corrected chi connectivity index (χ1v) is 7.55. The molecule has 1 aromatic carbocycles. The summed E-state index contributed by atoms with van der Waals surface area (Å²) in [5, 5.41) is 10.9. The Balaban J connectivity index is 2.07. The third-order valence-corrected chi connectivity index (χ3v) is 4.75. The molecule has 19 heavy (non-hydrogen) atoms. The third kappa shape index (κ3) is 3.54. The van der Waals surface area contributed by atoms with Crippen molar-refractivity contribution in [3.8, 4) is 0 Å². The van der Waals surface area contributed by atoms with Gasteiger partial charge in [-0.15, -0.1) is 0 Å². The summed E-state index contributed by atoms with van der Waals surface area (Å²) < 4.78 is 0.618. The minimum Gasteiger partial charge on any atom is -0.299 e. The van der Waals surface area contributed by atoms with E-state index in [0.29, 0.717) is 4.47 Å². The predicted octanol–water partition coefficient (Wildman–Crippen LogP) is 3.98. The van der Waals surface area contributed by atoms with Gasteiger partial charge in [0, 0.05) is 19.2 Å². The van der Waals surface area contributed by atoms with Crippen molar-refractivity contribution in [3.63, 3.8) is 0 Å². The van der Waals surface area contributed by atoms with Crippen LogP contribution in [-0.4, -0.2) is 22.9 Å². The number of benzene rings is 1. The van der Waals surface area contributed by atoms with Crippen molar-refractivity contribution in [3.05, 3.63) is 38.3 Å². The summed E-state index contributed by atoms with van der Waals surface area (Å²) in [7, 11) is 0. The van der Waals surface area contributed by atoms with Crippen LogP contribution in [0.3, 0.4) is 0 Å². The van der Waals surface area contributed by atoms with Crippen molar-refractivity contribution in [2.45, 2.75) is 32.7 Å². The monoisotopic (exact) mass is 326 g/mol. The maximum atomic E-state index is 10.9. The van der Waals surface area contributed by atoms with Gasteiger partial charge in [-0.2, -0.15) is 0 Å². The molecule has 0 spiro atoms. The minimum atomic E-state index is -0.338. The molecule has 5 heteroatoms. The van der Waals surface area contributed by atoms with Crippen LogP contribution in [0.2, 0.25) is 0 Å². The molecule has 0 saturated heterocycles. The lowest BCUT2D eigenvalue weighted by atomic mass is 9.85. The van der Waals surface area contributed by atoms with E-state index >= 15 is 0 Å². The molecule has 0 amide bonds. The van der Waals surface area contributed by atoms with E-state index in [2.05, 4.69) is 27.8 Å². The number of nitrogens with zero attached hydrogens (tertiary/aromatic N) is 2. The highest BCUT2D eigenvalue weighted by molar-refractivity contribution is 9.10. The molecule has 0 heterocycles. The first-order chi connectivity index (χ1) is 9.11. The van der Waals surface area contributed by atoms with Gasteiger partial charge in [-0.05, 0) is 46.8 Å². The summed E-state index contributed by atoms with van der Waals surface area (Å²) >= 11 is 3.37. The Labute approximate surface area is 122 Å². The van der Waals surface area contributed by atoms with Crippen LogP contribution in [-0.2, 0) is 6.54 Å². The molecule has 1 aliphatic carbocycles. The van der Waals surface area contributed by atoms with Crippen molar-refractivity contribution in [2.24, 2.45) is 5.92 Å². The molecule has 1 aromatic rings. The van der Waals surface area contributed by atoms with Crippen LogP contribution in [0.1, 0.15) is 31.7 Å². The van der Waals surface area contributed by atoms with Crippen LogP contribution in [0.4, 0.5) is 5.69 Å². The maximum absolute atomic E-state index is 10.9. The zero-order valence-corrected chi connectivity index (χ0v) is 12.7. The Morgan fingerprint density at radius 1 is 1.47 bits per heavy atom.